The largest absolute Gasteiger partial charge is 0.342 e. The Morgan fingerprint density at radius 3 is 2.38 bits per heavy atom. The lowest BCUT2D eigenvalue weighted by atomic mass is 10.1. The number of carbonyl (C=O) groups is 1. The van der Waals surface area contributed by atoms with E-state index in [1.807, 2.05) is 0 Å². The maximum absolute atomic E-state index is 11.9. The van der Waals surface area contributed by atoms with Gasteiger partial charge in [0.15, 0.2) is 9.84 Å². The zero-order chi connectivity index (χ0) is 12.2. The highest BCUT2D eigenvalue weighted by atomic mass is 32.2. The second kappa shape index (κ2) is 5.63. The van der Waals surface area contributed by atoms with Crippen molar-refractivity contribution in [1.82, 2.24) is 4.90 Å². The third-order valence-electron chi connectivity index (χ3n) is 2.96. The minimum Gasteiger partial charge on any atom is -0.342 e. The summed E-state index contributed by atoms with van der Waals surface area (Å²) in [5, 5.41) is -0.950. The van der Waals surface area contributed by atoms with Gasteiger partial charge in [-0.2, -0.15) is 0 Å². The van der Waals surface area contributed by atoms with Gasteiger partial charge in [0.05, 0.1) is 5.75 Å². The van der Waals surface area contributed by atoms with Crippen molar-refractivity contribution in [3.8, 4) is 0 Å². The van der Waals surface area contributed by atoms with E-state index in [9.17, 15) is 13.2 Å². The molecule has 1 heterocycles. The summed E-state index contributed by atoms with van der Waals surface area (Å²) in [7, 11) is -3.38. The summed E-state index contributed by atoms with van der Waals surface area (Å²) in [6.45, 7) is 2.89. The monoisotopic (exact) mass is 248 g/mol. The van der Waals surface area contributed by atoms with Gasteiger partial charge in [-0.25, -0.2) is 8.42 Å². The molecule has 1 fully saturated rings. The molecule has 0 radical (unpaired) electrons. The molecule has 1 aliphatic heterocycles. The van der Waals surface area contributed by atoms with Crippen molar-refractivity contribution >= 4 is 15.7 Å². The molecule has 0 bridgehead atoms. The molecule has 1 atom stereocenters. The van der Waals surface area contributed by atoms with Gasteiger partial charge in [0.25, 0.3) is 0 Å². The Morgan fingerprint density at radius 1 is 1.31 bits per heavy atom. The standard InChI is InChI=1S/C10H20N2O3S/c1-9(16(14,15)8-5-11)10(13)12-6-3-2-4-7-12/h9H,2-8,11H2,1H3. The lowest BCUT2D eigenvalue weighted by Crippen LogP contribution is -2.45. The minimum absolute atomic E-state index is 0.0694. The molecule has 6 heteroatoms. The van der Waals surface area contributed by atoms with E-state index in [2.05, 4.69) is 0 Å². The fourth-order valence-electron chi connectivity index (χ4n) is 1.87. The van der Waals surface area contributed by atoms with E-state index >= 15 is 0 Å². The average Bonchev–Trinajstić information content (AvgIpc) is 2.28. The van der Waals surface area contributed by atoms with Crippen LogP contribution >= 0.6 is 0 Å². The number of piperidine rings is 1. The zero-order valence-electron chi connectivity index (χ0n) is 9.68. The highest BCUT2D eigenvalue weighted by molar-refractivity contribution is 7.92. The van der Waals surface area contributed by atoms with Crippen LogP contribution in [0.1, 0.15) is 26.2 Å². The summed E-state index contributed by atoms with van der Waals surface area (Å²) >= 11 is 0. The van der Waals surface area contributed by atoms with E-state index in [0.29, 0.717) is 13.1 Å². The van der Waals surface area contributed by atoms with Crippen molar-refractivity contribution in [3.63, 3.8) is 0 Å². The molecule has 2 N–H and O–H groups in total. The van der Waals surface area contributed by atoms with Crippen molar-refractivity contribution < 1.29 is 13.2 Å². The highest BCUT2D eigenvalue weighted by Gasteiger charge is 2.31. The SMILES string of the molecule is CC(C(=O)N1CCCCC1)S(=O)(=O)CCN. The second-order valence-corrected chi connectivity index (χ2v) is 6.62. The Kier molecular flexibility index (Phi) is 4.73. The number of sulfone groups is 1. The van der Waals surface area contributed by atoms with E-state index < -0.39 is 15.1 Å². The second-order valence-electron chi connectivity index (χ2n) is 4.18. The molecule has 5 nitrogen and oxygen atoms in total. The van der Waals surface area contributed by atoms with Crippen molar-refractivity contribution in [1.29, 1.82) is 0 Å². The first-order valence-electron chi connectivity index (χ1n) is 5.69. The van der Waals surface area contributed by atoms with E-state index in [-0.39, 0.29) is 18.2 Å². The van der Waals surface area contributed by atoms with Crippen molar-refractivity contribution in [2.24, 2.45) is 5.73 Å². The van der Waals surface area contributed by atoms with Crippen LogP contribution in [-0.4, -0.2) is 49.9 Å². The molecule has 0 saturated carbocycles. The first kappa shape index (κ1) is 13.4. The van der Waals surface area contributed by atoms with E-state index in [4.69, 9.17) is 5.73 Å². The summed E-state index contributed by atoms with van der Waals surface area (Å²) in [4.78, 5) is 13.6. The summed E-state index contributed by atoms with van der Waals surface area (Å²) in [6, 6.07) is 0. The molecular weight excluding hydrogens is 228 g/mol. The summed E-state index contributed by atoms with van der Waals surface area (Å²) < 4.78 is 23.4. The Bertz CT molecular complexity index is 334. The number of hydrogen-bond donors (Lipinski definition) is 1. The molecule has 1 aliphatic rings. The van der Waals surface area contributed by atoms with Crippen LogP contribution in [0.15, 0.2) is 0 Å². The van der Waals surface area contributed by atoms with Crippen LogP contribution in [0.25, 0.3) is 0 Å². The zero-order valence-corrected chi connectivity index (χ0v) is 10.5. The Labute approximate surface area is 96.9 Å². The fourth-order valence-corrected chi connectivity index (χ4v) is 3.00. The smallest absolute Gasteiger partial charge is 0.240 e. The number of rotatable bonds is 4. The molecule has 1 amide bonds. The number of hydrogen-bond acceptors (Lipinski definition) is 4. The van der Waals surface area contributed by atoms with Gasteiger partial charge >= 0.3 is 0 Å². The first-order valence-corrected chi connectivity index (χ1v) is 7.41. The molecule has 94 valence electrons. The summed E-state index contributed by atoms with van der Waals surface area (Å²) in [6.07, 6.45) is 3.05. The Balaban J connectivity index is 2.65. The molecule has 1 unspecified atom stereocenters. The first-order chi connectivity index (χ1) is 7.49. The maximum Gasteiger partial charge on any atom is 0.240 e. The van der Waals surface area contributed by atoms with Crippen LogP contribution in [0.3, 0.4) is 0 Å². The van der Waals surface area contributed by atoms with Crippen LogP contribution in [0.5, 0.6) is 0 Å². The van der Waals surface area contributed by atoms with Crippen molar-refractivity contribution in [3.05, 3.63) is 0 Å². The van der Waals surface area contributed by atoms with Crippen LogP contribution in [0, 0.1) is 0 Å². The van der Waals surface area contributed by atoms with Crippen molar-refractivity contribution in [2.75, 3.05) is 25.4 Å². The van der Waals surface area contributed by atoms with Gasteiger partial charge in [0, 0.05) is 19.6 Å². The van der Waals surface area contributed by atoms with Gasteiger partial charge in [0.2, 0.25) is 5.91 Å². The van der Waals surface area contributed by atoms with E-state index in [1.165, 1.54) is 6.92 Å². The average molecular weight is 248 g/mol. The predicted molar refractivity (Wildman–Crippen MR) is 62.7 cm³/mol. The number of carbonyl (C=O) groups excluding carboxylic acids is 1. The molecule has 1 saturated heterocycles. The highest BCUT2D eigenvalue weighted by Crippen LogP contribution is 2.13. The van der Waals surface area contributed by atoms with Crippen molar-refractivity contribution in [2.45, 2.75) is 31.4 Å². The molecule has 0 aromatic heterocycles. The Hall–Kier alpha value is -0.620. The van der Waals surface area contributed by atoms with Gasteiger partial charge in [0.1, 0.15) is 5.25 Å². The molecule has 0 aliphatic carbocycles. The predicted octanol–water partition coefficient (Wildman–Crippen LogP) is -0.239. The third kappa shape index (κ3) is 3.18. The van der Waals surface area contributed by atoms with Gasteiger partial charge in [-0.1, -0.05) is 0 Å². The molecular formula is C10H20N2O3S. The lowest BCUT2D eigenvalue weighted by molar-refractivity contribution is -0.131. The van der Waals surface area contributed by atoms with Crippen LogP contribution < -0.4 is 5.73 Å². The fraction of sp³-hybridized carbons (Fsp3) is 0.900. The van der Waals surface area contributed by atoms with E-state index in [0.717, 1.165) is 19.3 Å². The molecule has 0 aromatic carbocycles. The van der Waals surface area contributed by atoms with Gasteiger partial charge in [-0.3, -0.25) is 4.79 Å². The number of amides is 1. The topological polar surface area (TPSA) is 80.5 Å². The quantitative estimate of drug-likeness (QED) is 0.744. The lowest BCUT2D eigenvalue weighted by Gasteiger charge is -2.29. The molecule has 0 aromatic rings. The molecule has 16 heavy (non-hydrogen) atoms. The maximum atomic E-state index is 11.9. The number of nitrogens with zero attached hydrogens (tertiary/aromatic N) is 1. The summed E-state index contributed by atoms with van der Waals surface area (Å²) in [5.41, 5.74) is 5.23. The number of nitrogens with two attached hydrogens (primary N) is 1. The third-order valence-corrected chi connectivity index (χ3v) is 5.04. The Morgan fingerprint density at radius 2 is 1.88 bits per heavy atom. The van der Waals surface area contributed by atoms with Crippen LogP contribution in [0.2, 0.25) is 0 Å². The summed E-state index contributed by atoms with van der Waals surface area (Å²) in [5.74, 6) is -0.388. The normalized spacial score (nSPS) is 19.5. The van der Waals surface area contributed by atoms with Gasteiger partial charge in [-0.05, 0) is 26.2 Å². The van der Waals surface area contributed by atoms with E-state index in [1.54, 1.807) is 4.90 Å². The number of likely N-dealkylation sites (tertiary alicyclic amines) is 1. The van der Waals surface area contributed by atoms with Crippen LogP contribution in [0.4, 0.5) is 0 Å². The van der Waals surface area contributed by atoms with Gasteiger partial charge < -0.3 is 10.6 Å². The van der Waals surface area contributed by atoms with Gasteiger partial charge in [-0.15, -0.1) is 0 Å². The minimum atomic E-state index is -3.38. The molecule has 1 rings (SSSR count). The molecule has 0 spiro atoms. The van der Waals surface area contributed by atoms with Crippen LogP contribution in [-0.2, 0) is 14.6 Å².